The summed E-state index contributed by atoms with van der Waals surface area (Å²) in [5.41, 5.74) is -0.446. The molecule has 0 unspecified atom stereocenters. The van der Waals surface area contributed by atoms with Crippen LogP contribution in [0.2, 0.25) is 0 Å². The monoisotopic (exact) mass is 390 g/mol. The fourth-order valence-electron chi connectivity index (χ4n) is 2.23. The standard InChI is InChI=1S/C18H13F3N4O3/c19-10-4-13(20)12(14(21)5-10)9-23-8-11(7-22)24-18(26)15-6-17(28-25-15)16-2-1-3-27-16/h1-8,22-23H,9H2,(H,24,26)/b11-8+,22-7?. The van der Waals surface area contributed by atoms with Crippen molar-refractivity contribution in [3.05, 3.63) is 77.2 Å². The minimum atomic E-state index is -1.05. The first kappa shape index (κ1) is 19.0. The van der Waals surface area contributed by atoms with Gasteiger partial charge in [-0.15, -0.1) is 0 Å². The number of carbonyl (C=O) groups excluding carboxylic acids is 1. The van der Waals surface area contributed by atoms with E-state index in [1.165, 1.54) is 18.5 Å². The van der Waals surface area contributed by atoms with E-state index in [2.05, 4.69) is 15.8 Å². The van der Waals surface area contributed by atoms with Crippen molar-refractivity contribution in [3.63, 3.8) is 0 Å². The van der Waals surface area contributed by atoms with Crippen LogP contribution in [0, 0.1) is 22.9 Å². The number of halogens is 3. The lowest BCUT2D eigenvalue weighted by molar-refractivity contribution is 0.0959. The van der Waals surface area contributed by atoms with Crippen molar-refractivity contribution >= 4 is 12.1 Å². The summed E-state index contributed by atoms with van der Waals surface area (Å²) in [6, 6.07) is 5.75. The smallest absolute Gasteiger partial charge is 0.277 e. The summed E-state index contributed by atoms with van der Waals surface area (Å²) in [6.07, 6.45) is 3.42. The Morgan fingerprint density at radius 1 is 1.18 bits per heavy atom. The van der Waals surface area contributed by atoms with Gasteiger partial charge >= 0.3 is 0 Å². The van der Waals surface area contributed by atoms with Crippen molar-refractivity contribution in [3.8, 4) is 11.5 Å². The second kappa shape index (κ2) is 8.25. The van der Waals surface area contributed by atoms with Gasteiger partial charge in [-0.3, -0.25) is 4.79 Å². The summed E-state index contributed by atoms with van der Waals surface area (Å²) in [7, 11) is 0. The van der Waals surface area contributed by atoms with Crippen molar-refractivity contribution < 1.29 is 26.9 Å². The predicted octanol–water partition coefficient (Wildman–Crippen LogP) is 3.36. The third-order valence-electron chi connectivity index (χ3n) is 3.56. The molecule has 0 saturated carbocycles. The number of nitrogens with one attached hydrogen (secondary N) is 3. The number of hydrogen-bond acceptors (Lipinski definition) is 6. The Kier molecular flexibility index (Phi) is 5.58. The summed E-state index contributed by atoms with van der Waals surface area (Å²) in [5, 5.41) is 15.9. The van der Waals surface area contributed by atoms with E-state index >= 15 is 0 Å². The van der Waals surface area contributed by atoms with Crippen molar-refractivity contribution in [1.29, 1.82) is 5.41 Å². The van der Waals surface area contributed by atoms with Gasteiger partial charge in [0.15, 0.2) is 11.5 Å². The van der Waals surface area contributed by atoms with Gasteiger partial charge in [0.05, 0.1) is 12.0 Å². The minimum Gasteiger partial charge on any atom is -0.461 e. The normalized spacial score (nSPS) is 11.3. The van der Waals surface area contributed by atoms with Gasteiger partial charge in [-0.05, 0) is 12.1 Å². The maximum Gasteiger partial charge on any atom is 0.277 e. The van der Waals surface area contributed by atoms with Crippen LogP contribution in [0.3, 0.4) is 0 Å². The summed E-state index contributed by atoms with van der Waals surface area (Å²) in [4.78, 5) is 12.2. The average molecular weight is 390 g/mol. The second-order valence-corrected chi connectivity index (χ2v) is 5.48. The molecule has 1 aromatic carbocycles. The highest BCUT2D eigenvalue weighted by atomic mass is 19.1. The number of aromatic nitrogens is 1. The van der Waals surface area contributed by atoms with Crippen LogP contribution < -0.4 is 10.6 Å². The molecule has 7 nitrogen and oxygen atoms in total. The molecular formula is C18H13F3N4O3. The van der Waals surface area contributed by atoms with Gasteiger partial charge in [0.1, 0.15) is 17.5 Å². The molecule has 0 aliphatic heterocycles. The van der Waals surface area contributed by atoms with Crippen molar-refractivity contribution in [2.24, 2.45) is 0 Å². The molecule has 3 N–H and O–H groups in total. The summed E-state index contributed by atoms with van der Waals surface area (Å²) < 4.78 is 50.2. The number of furan rings is 1. The first-order valence-electron chi connectivity index (χ1n) is 7.87. The second-order valence-electron chi connectivity index (χ2n) is 5.48. The first-order chi connectivity index (χ1) is 13.5. The van der Waals surface area contributed by atoms with Crippen LogP contribution in [0.4, 0.5) is 13.2 Å². The number of hydrogen-bond donors (Lipinski definition) is 3. The number of benzene rings is 1. The topological polar surface area (TPSA) is 104 Å². The van der Waals surface area contributed by atoms with E-state index in [9.17, 15) is 18.0 Å². The lowest BCUT2D eigenvalue weighted by atomic mass is 10.2. The fraction of sp³-hybridized carbons (Fsp3) is 0.0556. The Balaban J connectivity index is 1.64. The number of amides is 1. The largest absolute Gasteiger partial charge is 0.461 e. The van der Waals surface area contributed by atoms with Crippen LogP contribution >= 0.6 is 0 Å². The molecule has 0 fully saturated rings. The van der Waals surface area contributed by atoms with Crippen LogP contribution in [0.25, 0.3) is 11.5 Å². The van der Waals surface area contributed by atoms with Crippen molar-refractivity contribution in [2.45, 2.75) is 6.54 Å². The van der Waals surface area contributed by atoms with Gasteiger partial charge in [0.25, 0.3) is 5.91 Å². The average Bonchev–Trinajstić information content (AvgIpc) is 3.34. The SMILES string of the molecule is N=C/C(=C\NCc1c(F)cc(F)cc1F)NC(=O)c1cc(-c2ccco2)on1. The Labute approximate surface area is 156 Å². The van der Waals surface area contributed by atoms with E-state index < -0.39 is 23.4 Å². The highest BCUT2D eigenvalue weighted by molar-refractivity contribution is 5.97. The molecule has 10 heteroatoms. The zero-order valence-corrected chi connectivity index (χ0v) is 14.1. The molecule has 0 radical (unpaired) electrons. The third-order valence-corrected chi connectivity index (χ3v) is 3.56. The quantitative estimate of drug-likeness (QED) is 0.537. The molecule has 0 saturated heterocycles. The molecule has 2 heterocycles. The third kappa shape index (κ3) is 4.29. The van der Waals surface area contributed by atoms with Crippen LogP contribution in [0.1, 0.15) is 16.1 Å². The van der Waals surface area contributed by atoms with E-state index in [4.69, 9.17) is 14.3 Å². The summed E-state index contributed by atoms with van der Waals surface area (Å²) >= 11 is 0. The van der Waals surface area contributed by atoms with Gasteiger partial charge in [0.2, 0.25) is 5.76 Å². The molecule has 2 aromatic heterocycles. The molecule has 3 aromatic rings. The molecule has 3 rings (SSSR count). The molecule has 0 aliphatic carbocycles. The van der Waals surface area contributed by atoms with E-state index in [-0.39, 0.29) is 29.3 Å². The number of carbonyl (C=O) groups is 1. The highest BCUT2D eigenvalue weighted by Gasteiger charge is 2.16. The fourth-order valence-corrected chi connectivity index (χ4v) is 2.23. The summed E-state index contributed by atoms with van der Waals surface area (Å²) in [5.74, 6) is -3.16. The molecule has 0 bridgehead atoms. The van der Waals surface area contributed by atoms with Crippen LogP contribution in [-0.2, 0) is 6.54 Å². The number of rotatable bonds is 7. The maximum absolute atomic E-state index is 13.6. The lowest BCUT2D eigenvalue weighted by Crippen LogP contribution is -2.25. The van der Waals surface area contributed by atoms with Gasteiger partial charge in [-0.25, -0.2) is 13.2 Å². The Morgan fingerprint density at radius 2 is 1.93 bits per heavy atom. The molecule has 1 amide bonds. The number of allylic oxidation sites excluding steroid dienone is 1. The van der Waals surface area contributed by atoms with Crippen LogP contribution in [0.5, 0.6) is 0 Å². The highest BCUT2D eigenvalue weighted by Crippen LogP contribution is 2.20. The Bertz CT molecular complexity index is 1010. The number of nitrogens with zero attached hydrogens (tertiary/aromatic N) is 1. The summed E-state index contributed by atoms with van der Waals surface area (Å²) in [6.45, 7) is -0.322. The minimum absolute atomic E-state index is 0.00419. The van der Waals surface area contributed by atoms with E-state index in [0.29, 0.717) is 17.9 Å². The zero-order chi connectivity index (χ0) is 20.1. The van der Waals surface area contributed by atoms with E-state index in [1.54, 1.807) is 12.1 Å². The van der Waals surface area contributed by atoms with Gasteiger partial charge in [-0.2, -0.15) is 0 Å². The molecule has 144 valence electrons. The zero-order valence-electron chi connectivity index (χ0n) is 14.1. The van der Waals surface area contributed by atoms with Crippen molar-refractivity contribution in [2.75, 3.05) is 0 Å². The van der Waals surface area contributed by atoms with E-state index in [1.807, 2.05) is 0 Å². The van der Waals surface area contributed by atoms with Crippen molar-refractivity contribution in [1.82, 2.24) is 15.8 Å². The Hall–Kier alpha value is -3.82. The molecule has 28 heavy (non-hydrogen) atoms. The predicted molar refractivity (Wildman–Crippen MR) is 91.7 cm³/mol. The van der Waals surface area contributed by atoms with Crippen LogP contribution in [0.15, 0.2) is 57.4 Å². The molecule has 0 aliphatic rings. The molecular weight excluding hydrogens is 377 g/mol. The Morgan fingerprint density at radius 3 is 2.57 bits per heavy atom. The molecule has 0 spiro atoms. The van der Waals surface area contributed by atoms with Gasteiger partial charge < -0.3 is 25.0 Å². The van der Waals surface area contributed by atoms with Gasteiger partial charge in [0, 0.05) is 42.7 Å². The maximum atomic E-state index is 13.6. The van der Waals surface area contributed by atoms with E-state index in [0.717, 1.165) is 6.21 Å². The van der Waals surface area contributed by atoms with Gasteiger partial charge in [-0.1, -0.05) is 5.16 Å². The van der Waals surface area contributed by atoms with Crippen LogP contribution in [-0.4, -0.2) is 17.3 Å². The first-order valence-corrected chi connectivity index (χ1v) is 7.87. The molecule has 0 atom stereocenters. The lowest BCUT2D eigenvalue weighted by Gasteiger charge is -2.07.